The second-order valence-corrected chi connectivity index (χ2v) is 8.02. The molecule has 2 N–H and O–H groups in total. The van der Waals surface area contributed by atoms with Gasteiger partial charge in [-0.1, -0.05) is 42.0 Å². The first kappa shape index (κ1) is 24.3. The molecule has 1 aliphatic rings. The zero-order chi connectivity index (χ0) is 24.8. The van der Waals surface area contributed by atoms with E-state index < -0.39 is 36.6 Å². The first-order valence-electron chi connectivity index (χ1n) is 10.6. The zero-order valence-corrected chi connectivity index (χ0v) is 19.1. The maximum atomic E-state index is 15.0. The second kappa shape index (κ2) is 10.6. The number of hydrogen-bond donors (Lipinski definition) is 2. The summed E-state index contributed by atoms with van der Waals surface area (Å²) in [5, 5.41) is 9.05. The molecular formula is C23H21ClF3N7O. The Bertz CT molecular complexity index is 1250. The van der Waals surface area contributed by atoms with Crippen LogP contribution in [0.15, 0.2) is 67.5 Å². The second-order valence-electron chi connectivity index (χ2n) is 7.61. The Kier molecular flexibility index (Phi) is 7.35. The van der Waals surface area contributed by atoms with Crippen LogP contribution in [0.25, 0.3) is 5.69 Å². The lowest BCUT2D eigenvalue weighted by molar-refractivity contribution is -0.120. The maximum Gasteiger partial charge on any atom is 0.342 e. The monoisotopic (exact) mass is 503 g/mol. The third-order valence-corrected chi connectivity index (χ3v) is 5.57. The number of rotatable bonds is 9. The SMILES string of the molecule is O=C(Cc1c(Cl)cnc(NCC(F)(F)N2C=CC=CC2)c1F)NCc1ccccc1-n1cncn1. The number of benzene rings is 1. The fourth-order valence-corrected chi connectivity index (χ4v) is 3.62. The summed E-state index contributed by atoms with van der Waals surface area (Å²) in [4.78, 5) is 21.1. The lowest BCUT2D eigenvalue weighted by Gasteiger charge is -2.30. The number of halogens is 4. The number of pyridine rings is 1. The van der Waals surface area contributed by atoms with Gasteiger partial charge in [-0.15, -0.1) is 0 Å². The van der Waals surface area contributed by atoms with Gasteiger partial charge in [0.15, 0.2) is 11.6 Å². The molecule has 0 atom stereocenters. The Morgan fingerprint density at radius 2 is 2.06 bits per heavy atom. The topological polar surface area (TPSA) is 88.0 Å². The number of para-hydroxylation sites is 1. The van der Waals surface area contributed by atoms with Gasteiger partial charge in [-0.05, 0) is 17.7 Å². The highest BCUT2D eigenvalue weighted by atomic mass is 35.5. The van der Waals surface area contributed by atoms with Crippen LogP contribution < -0.4 is 10.6 Å². The molecule has 0 spiro atoms. The Labute approximate surface area is 204 Å². The number of allylic oxidation sites excluding steroid dienone is 2. The molecule has 8 nitrogen and oxygen atoms in total. The molecule has 0 bridgehead atoms. The molecule has 4 rings (SSSR count). The van der Waals surface area contributed by atoms with Crippen LogP contribution in [0.1, 0.15) is 11.1 Å². The van der Waals surface area contributed by atoms with Crippen molar-refractivity contribution in [2.24, 2.45) is 0 Å². The summed E-state index contributed by atoms with van der Waals surface area (Å²) in [7, 11) is 0. The van der Waals surface area contributed by atoms with E-state index in [4.69, 9.17) is 11.6 Å². The minimum absolute atomic E-state index is 0.0210. The van der Waals surface area contributed by atoms with Gasteiger partial charge in [0.1, 0.15) is 19.2 Å². The molecule has 182 valence electrons. The van der Waals surface area contributed by atoms with E-state index in [1.165, 1.54) is 24.9 Å². The highest BCUT2D eigenvalue weighted by Crippen LogP contribution is 2.27. The van der Waals surface area contributed by atoms with Gasteiger partial charge in [0, 0.05) is 31.0 Å². The molecule has 2 aromatic heterocycles. The number of nitrogens with zero attached hydrogens (tertiary/aromatic N) is 5. The Hall–Kier alpha value is -3.86. The number of anilines is 1. The minimum Gasteiger partial charge on any atom is -0.360 e. The van der Waals surface area contributed by atoms with Gasteiger partial charge in [0.2, 0.25) is 5.91 Å². The molecule has 12 heteroatoms. The largest absolute Gasteiger partial charge is 0.360 e. The quantitative estimate of drug-likeness (QED) is 0.433. The fourth-order valence-electron chi connectivity index (χ4n) is 3.42. The van der Waals surface area contributed by atoms with E-state index in [0.29, 0.717) is 0 Å². The van der Waals surface area contributed by atoms with Crippen LogP contribution >= 0.6 is 11.6 Å². The zero-order valence-electron chi connectivity index (χ0n) is 18.3. The van der Waals surface area contributed by atoms with Crippen molar-refractivity contribution in [1.82, 2.24) is 30.0 Å². The van der Waals surface area contributed by atoms with Crippen LogP contribution in [0.3, 0.4) is 0 Å². The Balaban J connectivity index is 1.41. The van der Waals surface area contributed by atoms with E-state index in [1.807, 2.05) is 24.3 Å². The van der Waals surface area contributed by atoms with Crippen molar-refractivity contribution in [3.63, 3.8) is 0 Å². The van der Waals surface area contributed by atoms with E-state index in [9.17, 15) is 13.6 Å². The molecule has 0 radical (unpaired) electrons. The third-order valence-electron chi connectivity index (χ3n) is 5.24. The lowest BCUT2D eigenvalue weighted by Crippen LogP contribution is -2.44. The van der Waals surface area contributed by atoms with Gasteiger partial charge in [0.25, 0.3) is 0 Å². The molecule has 3 aromatic rings. The summed E-state index contributed by atoms with van der Waals surface area (Å²) < 4.78 is 45.5. The first-order chi connectivity index (χ1) is 16.8. The summed E-state index contributed by atoms with van der Waals surface area (Å²) in [6.07, 6.45) is 9.62. The van der Waals surface area contributed by atoms with Crippen molar-refractivity contribution in [2.75, 3.05) is 18.4 Å². The van der Waals surface area contributed by atoms with Crippen molar-refractivity contribution < 1.29 is 18.0 Å². The van der Waals surface area contributed by atoms with Crippen molar-refractivity contribution in [2.45, 2.75) is 19.0 Å². The predicted molar refractivity (Wildman–Crippen MR) is 125 cm³/mol. The molecule has 0 saturated carbocycles. The summed E-state index contributed by atoms with van der Waals surface area (Å²) >= 11 is 6.07. The van der Waals surface area contributed by atoms with E-state index in [2.05, 4.69) is 25.7 Å². The van der Waals surface area contributed by atoms with E-state index in [-0.39, 0.29) is 23.7 Å². The van der Waals surface area contributed by atoms with Gasteiger partial charge < -0.3 is 15.5 Å². The number of carbonyl (C=O) groups excluding carboxylic acids is 1. The van der Waals surface area contributed by atoms with Crippen LogP contribution in [0.4, 0.5) is 19.0 Å². The first-order valence-corrected chi connectivity index (χ1v) is 11.0. The fraction of sp³-hybridized carbons (Fsp3) is 0.217. The summed E-state index contributed by atoms with van der Waals surface area (Å²) in [5.74, 6) is -1.88. The van der Waals surface area contributed by atoms with Gasteiger partial charge >= 0.3 is 6.05 Å². The molecule has 0 fully saturated rings. The standard InChI is InChI=1S/C23H21ClF3N7O/c24-18-12-30-22(31-13-23(26,27)33-8-4-1-5-9-33)21(25)17(18)10-20(35)29-11-16-6-2-3-7-19(16)34-15-28-14-32-34/h1-8,12,14-15H,9-11,13H2,(H,29,35)(H,30,31). The van der Waals surface area contributed by atoms with Gasteiger partial charge in [-0.2, -0.15) is 13.9 Å². The lowest BCUT2D eigenvalue weighted by atomic mass is 10.1. The smallest absolute Gasteiger partial charge is 0.342 e. The molecule has 3 heterocycles. The van der Waals surface area contributed by atoms with E-state index >= 15 is 4.39 Å². The van der Waals surface area contributed by atoms with Crippen LogP contribution in [-0.2, 0) is 17.8 Å². The average Bonchev–Trinajstić information content (AvgIpc) is 3.40. The molecule has 0 aliphatic carbocycles. The van der Waals surface area contributed by atoms with Crippen molar-refractivity contribution in [1.29, 1.82) is 0 Å². The molecule has 35 heavy (non-hydrogen) atoms. The summed E-state index contributed by atoms with van der Waals surface area (Å²) in [6, 6.07) is 3.98. The molecule has 1 aromatic carbocycles. The Morgan fingerprint density at radius 1 is 1.23 bits per heavy atom. The number of nitrogens with one attached hydrogen (secondary N) is 2. The summed E-state index contributed by atoms with van der Waals surface area (Å²) in [6.45, 7) is -0.719. The number of alkyl halides is 2. The van der Waals surface area contributed by atoms with E-state index in [0.717, 1.165) is 22.3 Å². The number of carbonyl (C=O) groups is 1. The van der Waals surface area contributed by atoms with Gasteiger partial charge in [0.05, 0.1) is 17.1 Å². The van der Waals surface area contributed by atoms with Crippen LogP contribution in [0.2, 0.25) is 5.02 Å². The third kappa shape index (κ3) is 5.80. The normalized spacial score (nSPS) is 13.2. The maximum absolute atomic E-state index is 15.0. The average molecular weight is 504 g/mol. The van der Waals surface area contributed by atoms with Gasteiger partial charge in [-0.3, -0.25) is 4.79 Å². The molecule has 1 amide bonds. The highest BCUT2D eigenvalue weighted by molar-refractivity contribution is 6.31. The predicted octanol–water partition coefficient (Wildman–Crippen LogP) is 3.70. The minimum atomic E-state index is -3.29. The van der Waals surface area contributed by atoms with Crippen LogP contribution in [-0.4, -0.2) is 49.7 Å². The molecule has 0 saturated heterocycles. The van der Waals surface area contributed by atoms with E-state index in [1.54, 1.807) is 16.8 Å². The molecule has 0 unspecified atom stereocenters. The van der Waals surface area contributed by atoms with Crippen molar-refractivity contribution in [3.8, 4) is 5.69 Å². The summed E-state index contributed by atoms with van der Waals surface area (Å²) in [5.41, 5.74) is 1.35. The van der Waals surface area contributed by atoms with Crippen molar-refractivity contribution >= 4 is 23.3 Å². The molecule has 1 aliphatic heterocycles. The number of amides is 1. The highest BCUT2D eigenvalue weighted by Gasteiger charge is 2.35. The van der Waals surface area contributed by atoms with Crippen LogP contribution in [0.5, 0.6) is 0 Å². The van der Waals surface area contributed by atoms with Gasteiger partial charge in [-0.25, -0.2) is 19.0 Å². The Morgan fingerprint density at radius 3 is 2.80 bits per heavy atom. The van der Waals surface area contributed by atoms with Crippen molar-refractivity contribution in [3.05, 3.63) is 89.5 Å². The number of hydrogen-bond acceptors (Lipinski definition) is 6. The van der Waals surface area contributed by atoms with Crippen LogP contribution in [0, 0.1) is 5.82 Å². The molecular weight excluding hydrogens is 483 g/mol. The number of aromatic nitrogens is 4.